The van der Waals surface area contributed by atoms with Crippen molar-refractivity contribution >= 4 is 27.3 Å². The van der Waals surface area contributed by atoms with Gasteiger partial charge >= 0.3 is 12.1 Å². The lowest BCUT2D eigenvalue weighted by Gasteiger charge is -2.30. The van der Waals surface area contributed by atoms with E-state index in [1.54, 1.807) is 5.32 Å². The Morgan fingerprint density at radius 1 is 1.21 bits per heavy atom. The summed E-state index contributed by atoms with van der Waals surface area (Å²) in [5.41, 5.74) is -0.531. The van der Waals surface area contributed by atoms with Crippen LogP contribution < -0.4 is 19.1 Å². The van der Waals surface area contributed by atoms with Crippen molar-refractivity contribution in [3.63, 3.8) is 0 Å². The minimum Gasteiger partial charge on any atom is -0.495 e. The van der Waals surface area contributed by atoms with E-state index >= 15 is 0 Å². The topological polar surface area (TPSA) is 84.9 Å². The molecule has 1 aliphatic heterocycles. The van der Waals surface area contributed by atoms with E-state index < -0.39 is 38.5 Å². The molecule has 1 heterocycles. The lowest BCUT2D eigenvalue weighted by molar-refractivity contribution is -0.167. The quantitative estimate of drug-likeness (QED) is 0.748. The number of nitrogens with one attached hydrogen (secondary N) is 1. The molecule has 29 heavy (non-hydrogen) atoms. The van der Waals surface area contributed by atoms with E-state index in [9.17, 15) is 30.8 Å². The maximum atomic E-state index is 13.6. The predicted molar refractivity (Wildman–Crippen MR) is 94.1 cm³/mol. The number of carbonyl (C=O) groups excluding carboxylic acids is 1. The van der Waals surface area contributed by atoms with Crippen LogP contribution in [0.15, 0.2) is 41.3 Å². The average molecular weight is 434 g/mol. The fraction of sp³-hybridized carbons (Fsp3) is 0.235. The van der Waals surface area contributed by atoms with E-state index in [1.807, 2.05) is 0 Å². The Kier molecular flexibility index (Phi) is 5.30. The van der Waals surface area contributed by atoms with Gasteiger partial charge in [0.05, 0.1) is 29.9 Å². The molecular weight excluding hydrogens is 420 g/mol. The van der Waals surface area contributed by atoms with Gasteiger partial charge in [-0.3, -0.25) is 9.10 Å². The van der Waals surface area contributed by atoms with E-state index in [0.29, 0.717) is 0 Å². The zero-order valence-electron chi connectivity index (χ0n) is 14.8. The number of benzene rings is 2. The molecule has 0 bridgehead atoms. The summed E-state index contributed by atoms with van der Waals surface area (Å²) in [6.45, 7) is -0.152. The molecule has 0 radical (unpaired) electrons. The molecule has 3 rings (SSSR count). The molecule has 12 heteroatoms. The molecule has 1 amide bonds. The van der Waals surface area contributed by atoms with Gasteiger partial charge in [-0.1, -0.05) is 0 Å². The van der Waals surface area contributed by atoms with Crippen molar-refractivity contribution in [2.24, 2.45) is 0 Å². The van der Waals surface area contributed by atoms with Crippen LogP contribution in [0.5, 0.6) is 11.5 Å². The summed E-state index contributed by atoms with van der Waals surface area (Å²) in [7, 11) is -3.17. The number of methoxy groups -OCH3 is 1. The van der Waals surface area contributed by atoms with Crippen LogP contribution in [0, 0.1) is 5.82 Å². The van der Waals surface area contributed by atoms with Gasteiger partial charge in [0.25, 0.3) is 10.0 Å². The van der Waals surface area contributed by atoms with E-state index in [2.05, 4.69) is 0 Å². The second kappa shape index (κ2) is 7.43. The van der Waals surface area contributed by atoms with Crippen LogP contribution in [0.2, 0.25) is 0 Å². The van der Waals surface area contributed by atoms with Crippen molar-refractivity contribution in [3.8, 4) is 11.5 Å². The average Bonchev–Trinajstić information content (AvgIpc) is 2.66. The molecule has 0 atom stereocenters. The zero-order chi connectivity index (χ0) is 21.4. The molecule has 0 saturated carbocycles. The van der Waals surface area contributed by atoms with Crippen LogP contribution in [0.1, 0.15) is 0 Å². The first-order chi connectivity index (χ1) is 13.5. The molecule has 156 valence electrons. The second-order valence-corrected chi connectivity index (χ2v) is 7.71. The first-order valence-electron chi connectivity index (χ1n) is 8.05. The van der Waals surface area contributed by atoms with Crippen LogP contribution in [-0.4, -0.2) is 40.8 Å². The van der Waals surface area contributed by atoms with Crippen molar-refractivity contribution in [2.75, 3.05) is 29.9 Å². The highest BCUT2D eigenvalue weighted by molar-refractivity contribution is 7.92. The zero-order valence-corrected chi connectivity index (χ0v) is 15.6. The first kappa shape index (κ1) is 20.7. The SMILES string of the molecule is COc1ccc(S(=O)(=O)N2CCOc3ccc(F)cc32)cc1NC(=O)C(F)(F)F. The van der Waals surface area contributed by atoms with Gasteiger partial charge in [-0.15, -0.1) is 0 Å². The number of alkyl halides is 3. The fourth-order valence-corrected chi connectivity index (χ4v) is 4.16. The molecule has 2 aromatic rings. The normalized spacial score (nSPS) is 14.0. The van der Waals surface area contributed by atoms with Crippen molar-refractivity contribution in [3.05, 3.63) is 42.2 Å². The molecule has 1 N–H and O–H groups in total. The van der Waals surface area contributed by atoms with Gasteiger partial charge in [-0.25, -0.2) is 12.8 Å². The van der Waals surface area contributed by atoms with Gasteiger partial charge in [-0.05, 0) is 30.3 Å². The standard InChI is InChI=1S/C17H14F4N2O5S/c1-27-14-5-3-11(9-12(14)22-16(24)17(19,20)21)29(25,26)23-6-7-28-15-4-2-10(18)8-13(15)23/h2-5,8-9H,6-7H2,1H3,(H,22,24). The Morgan fingerprint density at radius 3 is 2.59 bits per heavy atom. The molecule has 0 spiro atoms. The number of nitrogens with zero attached hydrogens (tertiary/aromatic N) is 1. The summed E-state index contributed by atoms with van der Waals surface area (Å²) in [6.07, 6.45) is -5.18. The third-order valence-corrected chi connectivity index (χ3v) is 5.82. The van der Waals surface area contributed by atoms with Gasteiger partial charge in [0.15, 0.2) is 0 Å². The van der Waals surface area contributed by atoms with Crippen molar-refractivity contribution in [1.82, 2.24) is 0 Å². The number of rotatable bonds is 4. The second-order valence-electron chi connectivity index (χ2n) is 5.85. The highest BCUT2D eigenvalue weighted by Crippen LogP contribution is 2.37. The number of anilines is 2. The Morgan fingerprint density at radius 2 is 1.93 bits per heavy atom. The number of hydrogen-bond acceptors (Lipinski definition) is 5. The number of amides is 1. The molecule has 0 aliphatic carbocycles. The number of carbonyl (C=O) groups is 1. The molecular formula is C17H14F4N2O5S. The van der Waals surface area contributed by atoms with Gasteiger partial charge in [0.1, 0.15) is 23.9 Å². The van der Waals surface area contributed by atoms with Crippen LogP contribution in [0.25, 0.3) is 0 Å². The Labute approximate surface area is 162 Å². The monoisotopic (exact) mass is 434 g/mol. The minimum atomic E-state index is -5.18. The summed E-state index contributed by atoms with van der Waals surface area (Å²) in [5.74, 6) is -3.01. The summed E-state index contributed by atoms with van der Waals surface area (Å²) in [5, 5.41) is 1.59. The number of fused-ring (bicyclic) bond motifs is 1. The van der Waals surface area contributed by atoms with Crippen LogP contribution in [0.3, 0.4) is 0 Å². The van der Waals surface area contributed by atoms with Gasteiger partial charge in [0, 0.05) is 6.07 Å². The Bertz CT molecular complexity index is 1060. The predicted octanol–water partition coefficient (Wildman–Crippen LogP) is 2.92. The Hall–Kier alpha value is -3.02. The van der Waals surface area contributed by atoms with Crippen molar-refractivity contribution in [1.29, 1.82) is 0 Å². The Balaban J connectivity index is 2.04. The summed E-state index contributed by atoms with van der Waals surface area (Å²) in [4.78, 5) is 10.8. The minimum absolute atomic E-state index is 0.00825. The molecule has 0 unspecified atom stereocenters. The summed E-state index contributed by atoms with van der Waals surface area (Å²) in [6, 6.07) is 6.40. The fourth-order valence-electron chi connectivity index (χ4n) is 2.68. The number of sulfonamides is 1. The number of hydrogen-bond donors (Lipinski definition) is 1. The van der Waals surface area contributed by atoms with Crippen LogP contribution in [-0.2, 0) is 14.8 Å². The van der Waals surface area contributed by atoms with Gasteiger partial charge < -0.3 is 14.8 Å². The lowest BCUT2D eigenvalue weighted by Crippen LogP contribution is -2.38. The van der Waals surface area contributed by atoms with Gasteiger partial charge in [0.2, 0.25) is 0 Å². The van der Waals surface area contributed by atoms with Crippen molar-refractivity contribution < 1.29 is 40.2 Å². The smallest absolute Gasteiger partial charge is 0.471 e. The van der Waals surface area contributed by atoms with E-state index in [0.717, 1.165) is 41.7 Å². The number of halogens is 4. The van der Waals surface area contributed by atoms with Gasteiger partial charge in [-0.2, -0.15) is 13.2 Å². The van der Waals surface area contributed by atoms with E-state index in [-0.39, 0.29) is 30.3 Å². The summed E-state index contributed by atoms with van der Waals surface area (Å²) < 4.78 is 88.6. The highest BCUT2D eigenvalue weighted by Gasteiger charge is 2.39. The third-order valence-electron chi connectivity index (χ3n) is 4.01. The van der Waals surface area contributed by atoms with Crippen LogP contribution >= 0.6 is 0 Å². The third kappa shape index (κ3) is 4.06. The molecule has 0 aromatic heterocycles. The largest absolute Gasteiger partial charge is 0.495 e. The molecule has 0 fully saturated rings. The molecule has 0 saturated heterocycles. The first-order valence-corrected chi connectivity index (χ1v) is 9.49. The maximum Gasteiger partial charge on any atom is 0.471 e. The van der Waals surface area contributed by atoms with Crippen molar-refractivity contribution in [2.45, 2.75) is 11.1 Å². The summed E-state index contributed by atoms with van der Waals surface area (Å²) >= 11 is 0. The molecule has 1 aliphatic rings. The van der Waals surface area contributed by atoms with E-state index in [4.69, 9.17) is 9.47 Å². The lowest BCUT2D eigenvalue weighted by atomic mass is 10.2. The molecule has 2 aromatic carbocycles. The molecule has 7 nitrogen and oxygen atoms in total. The number of ether oxygens (including phenoxy) is 2. The maximum absolute atomic E-state index is 13.6. The highest BCUT2D eigenvalue weighted by atomic mass is 32.2. The van der Waals surface area contributed by atoms with Crippen LogP contribution in [0.4, 0.5) is 28.9 Å². The van der Waals surface area contributed by atoms with E-state index in [1.165, 1.54) is 6.07 Å².